The summed E-state index contributed by atoms with van der Waals surface area (Å²) in [5.74, 6) is 0. The van der Waals surface area contributed by atoms with Gasteiger partial charge in [-0.05, 0) is 0 Å². The van der Waals surface area contributed by atoms with Gasteiger partial charge in [0.1, 0.15) is 0 Å². The Morgan fingerprint density at radius 2 is 2.20 bits per heavy atom. The second kappa shape index (κ2) is 3.83. The largest absolute Gasteiger partial charge is 0.237 e. The normalized spacial score (nSPS) is 8.20. The molecule has 0 atom stereocenters. The Hall–Kier alpha value is -0.170. The second-order valence-corrected chi connectivity index (χ2v) is 0.911. The van der Waals surface area contributed by atoms with Crippen LogP contribution in [-0.2, 0) is 5.11 Å². The number of unbranched alkanes of at least 4 members (excludes halogenated alkanes) is 1. The lowest BCUT2D eigenvalue weighted by Gasteiger charge is -1.70. The van der Waals surface area contributed by atoms with Crippen LogP contribution in [0.5, 0.6) is 0 Å². The Morgan fingerprint density at radius 3 is 2.20 bits per heavy atom. The van der Waals surface area contributed by atoms with Gasteiger partial charge in [0.2, 0.25) is 0 Å². The molecule has 1 nitrogen and oxygen atoms in total. The summed E-state index contributed by atoms with van der Waals surface area (Å²) in [6.45, 7) is 3.51. The summed E-state index contributed by atoms with van der Waals surface area (Å²) < 4.78 is 0. The van der Waals surface area contributed by atoms with E-state index in [-0.39, 0.29) is 6.61 Å². The van der Waals surface area contributed by atoms with Crippen LogP contribution in [0.25, 0.3) is 0 Å². The molecule has 1 heteroatoms. The van der Waals surface area contributed by atoms with Crippen molar-refractivity contribution in [2.45, 2.75) is 12.8 Å². The summed E-state index contributed by atoms with van der Waals surface area (Å²) >= 11 is 0. The van der Waals surface area contributed by atoms with Gasteiger partial charge in [-0.25, -0.2) is 5.11 Å². The summed E-state index contributed by atoms with van der Waals surface area (Å²) in [5, 5.41) is 9.49. The first-order valence-corrected chi connectivity index (χ1v) is 1.79. The third-order valence-corrected chi connectivity index (χ3v) is 0.394. The maximum absolute atomic E-state index is 9.49. The van der Waals surface area contributed by atoms with Crippen molar-refractivity contribution in [1.29, 1.82) is 0 Å². The summed E-state index contributed by atoms with van der Waals surface area (Å²) in [7, 11) is 0. The Morgan fingerprint density at radius 1 is 1.60 bits per heavy atom. The van der Waals surface area contributed by atoms with E-state index >= 15 is 0 Å². The highest BCUT2D eigenvalue weighted by atomic mass is 16.2. The molecule has 0 aliphatic carbocycles. The van der Waals surface area contributed by atoms with E-state index in [4.69, 9.17) is 0 Å². The first-order chi connectivity index (χ1) is 2.41. The average molecular weight is 72.1 g/mol. The zero-order valence-electron chi connectivity index (χ0n) is 3.24. The Kier molecular flexibility index (Phi) is 3.70. The van der Waals surface area contributed by atoms with E-state index in [0.717, 1.165) is 12.8 Å². The van der Waals surface area contributed by atoms with Gasteiger partial charge in [0.15, 0.2) is 0 Å². The van der Waals surface area contributed by atoms with Crippen LogP contribution in [0.3, 0.4) is 0 Å². The maximum Gasteiger partial charge on any atom is 0.0873 e. The predicted octanol–water partition coefficient (Wildman–Crippen LogP) is 1.03. The van der Waals surface area contributed by atoms with Crippen LogP contribution >= 0.6 is 0 Å². The molecule has 0 bridgehead atoms. The monoisotopic (exact) mass is 72.1 g/mol. The Labute approximate surface area is 32.6 Å². The van der Waals surface area contributed by atoms with Crippen molar-refractivity contribution < 1.29 is 5.11 Å². The molecule has 0 aromatic heterocycles. The molecule has 0 N–H and O–H groups in total. The van der Waals surface area contributed by atoms with Gasteiger partial charge in [-0.15, -0.1) is 0 Å². The molecule has 0 unspecified atom stereocenters. The molecule has 0 amide bonds. The predicted molar refractivity (Wildman–Crippen MR) is 20.1 cm³/mol. The van der Waals surface area contributed by atoms with Crippen molar-refractivity contribution in [1.82, 2.24) is 0 Å². The minimum absolute atomic E-state index is 0.0312. The van der Waals surface area contributed by atoms with Crippen molar-refractivity contribution in [3.8, 4) is 0 Å². The lowest BCUT2D eigenvalue weighted by Crippen LogP contribution is -1.73. The van der Waals surface area contributed by atoms with E-state index in [0.29, 0.717) is 0 Å². The molecule has 0 fully saturated rings. The zero-order valence-corrected chi connectivity index (χ0v) is 3.24. The molecule has 0 spiro atoms. The van der Waals surface area contributed by atoms with Crippen molar-refractivity contribution in [3.63, 3.8) is 0 Å². The lowest BCUT2D eigenvalue weighted by atomic mass is 10.4. The van der Waals surface area contributed by atoms with Gasteiger partial charge in [0.25, 0.3) is 0 Å². The van der Waals surface area contributed by atoms with Crippen molar-refractivity contribution in [3.05, 3.63) is 6.92 Å². The summed E-state index contributed by atoms with van der Waals surface area (Å²) in [5.41, 5.74) is 0. The summed E-state index contributed by atoms with van der Waals surface area (Å²) in [4.78, 5) is 0. The molecule has 0 saturated carbocycles. The van der Waals surface area contributed by atoms with Crippen LogP contribution < -0.4 is 0 Å². The molecule has 0 aliphatic rings. The van der Waals surface area contributed by atoms with Crippen LogP contribution in [0.2, 0.25) is 0 Å². The third kappa shape index (κ3) is 3.83. The molecule has 29 valence electrons. The highest BCUT2D eigenvalue weighted by molar-refractivity contribution is 4.34. The third-order valence-electron chi connectivity index (χ3n) is 0.394. The summed E-state index contributed by atoms with van der Waals surface area (Å²) in [6.07, 6.45) is 1.50. The Bertz CT molecular complexity index is 11.1. The lowest BCUT2D eigenvalue weighted by molar-refractivity contribution is 0.190. The minimum atomic E-state index is 0.0312. The van der Waals surface area contributed by atoms with Gasteiger partial charge in [-0.1, -0.05) is 0 Å². The molecular formula is C4H8O+. The summed E-state index contributed by atoms with van der Waals surface area (Å²) in [6, 6.07) is 0. The molecule has 0 saturated heterocycles. The quantitative estimate of drug-likeness (QED) is 0.434. The highest BCUT2D eigenvalue weighted by Crippen LogP contribution is 1.78. The molecule has 0 heterocycles. The first-order valence-electron chi connectivity index (χ1n) is 1.79. The van der Waals surface area contributed by atoms with Crippen molar-refractivity contribution in [2.75, 3.05) is 6.61 Å². The van der Waals surface area contributed by atoms with Crippen LogP contribution in [0.15, 0.2) is 0 Å². The molecule has 1 radical (unpaired) electrons. The van der Waals surface area contributed by atoms with Gasteiger partial charge in [0, 0.05) is 6.42 Å². The zero-order chi connectivity index (χ0) is 4.12. The van der Waals surface area contributed by atoms with E-state index in [1.165, 1.54) is 0 Å². The van der Waals surface area contributed by atoms with Gasteiger partial charge in [-0.3, -0.25) is 0 Å². The number of hydrogen-bond donors (Lipinski definition) is 0. The van der Waals surface area contributed by atoms with Crippen molar-refractivity contribution in [2.24, 2.45) is 0 Å². The van der Waals surface area contributed by atoms with Crippen molar-refractivity contribution >= 4 is 0 Å². The van der Waals surface area contributed by atoms with Gasteiger partial charge >= 0.3 is 0 Å². The fraction of sp³-hybridized carbons (Fsp3) is 0.750. The van der Waals surface area contributed by atoms with Crippen LogP contribution in [-0.4, -0.2) is 6.61 Å². The van der Waals surface area contributed by atoms with Crippen LogP contribution in [0.4, 0.5) is 0 Å². The fourth-order valence-corrected chi connectivity index (χ4v) is 0.102. The van der Waals surface area contributed by atoms with E-state index in [1.54, 1.807) is 0 Å². The second-order valence-electron chi connectivity index (χ2n) is 0.911. The Balaban J connectivity index is 2.19. The highest BCUT2D eigenvalue weighted by Gasteiger charge is 1.77. The smallest absolute Gasteiger partial charge is 0.0873 e. The van der Waals surface area contributed by atoms with Crippen LogP contribution in [0, 0.1) is 6.92 Å². The minimum Gasteiger partial charge on any atom is -0.237 e. The first kappa shape index (κ1) is 4.83. The maximum atomic E-state index is 9.49. The molecular weight excluding hydrogens is 64.0 g/mol. The van der Waals surface area contributed by atoms with E-state index in [2.05, 4.69) is 6.92 Å². The molecule has 0 aromatic carbocycles. The van der Waals surface area contributed by atoms with Gasteiger partial charge in [-0.2, -0.15) is 0 Å². The molecule has 0 aromatic rings. The average Bonchev–Trinajstić information content (AvgIpc) is 1.41. The van der Waals surface area contributed by atoms with Gasteiger partial charge in [0.05, 0.1) is 20.0 Å². The van der Waals surface area contributed by atoms with E-state index in [1.807, 2.05) is 0 Å². The topological polar surface area (TPSA) is 19.9 Å². The fourth-order valence-electron chi connectivity index (χ4n) is 0.102. The SMILES string of the molecule is [CH2+]CCC[O]. The van der Waals surface area contributed by atoms with E-state index < -0.39 is 0 Å². The number of rotatable bonds is 2. The van der Waals surface area contributed by atoms with Gasteiger partial charge < -0.3 is 0 Å². The standard InChI is InChI=1S/C4H8O/c1-2-3-4-5/h1-4H2/q+1. The molecule has 5 heavy (non-hydrogen) atoms. The molecule has 0 rings (SSSR count). The number of hydrogen-bond acceptors (Lipinski definition) is 0. The van der Waals surface area contributed by atoms with Crippen LogP contribution in [0.1, 0.15) is 12.8 Å². The molecule has 0 aliphatic heterocycles. The van der Waals surface area contributed by atoms with E-state index in [9.17, 15) is 5.11 Å².